The van der Waals surface area contributed by atoms with Crippen molar-refractivity contribution >= 4 is 0 Å². The average molecular weight is 233 g/mol. The van der Waals surface area contributed by atoms with Gasteiger partial charge in [-0.05, 0) is 24.3 Å². The van der Waals surface area contributed by atoms with Crippen LogP contribution >= 0.6 is 0 Å². The third-order valence-corrected chi connectivity index (χ3v) is 2.46. The molecule has 0 amide bonds. The van der Waals surface area contributed by atoms with Crippen molar-refractivity contribution in [2.75, 3.05) is 0 Å². The van der Waals surface area contributed by atoms with Gasteiger partial charge in [-0.25, -0.2) is 4.39 Å². The summed E-state index contributed by atoms with van der Waals surface area (Å²) in [6, 6.07) is 10.6. The highest BCUT2D eigenvalue weighted by atomic mass is 19.1. The molecular weight excluding hydrogens is 217 g/mol. The molecule has 2 aromatic rings. The van der Waals surface area contributed by atoms with E-state index in [9.17, 15) is 4.39 Å². The SMILES string of the molecule is CC(C)NCc1ccc(-c2cccc(F)c2)o1. The largest absolute Gasteiger partial charge is 0.460 e. The highest BCUT2D eigenvalue weighted by Gasteiger charge is 2.05. The molecule has 0 atom stereocenters. The molecule has 1 heterocycles. The second kappa shape index (κ2) is 5.15. The number of halogens is 1. The Labute approximate surface area is 100 Å². The molecule has 0 spiro atoms. The third kappa shape index (κ3) is 3.17. The molecule has 0 saturated carbocycles. The summed E-state index contributed by atoms with van der Waals surface area (Å²) in [4.78, 5) is 0. The molecule has 0 fully saturated rings. The Morgan fingerprint density at radius 3 is 2.76 bits per heavy atom. The highest BCUT2D eigenvalue weighted by Crippen LogP contribution is 2.22. The smallest absolute Gasteiger partial charge is 0.134 e. The molecule has 1 aromatic heterocycles. The van der Waals surface area contributed by atoms with Gasteiger partial charge in [-0.2, -0.15) is 0 Å². The summed E-state index contributed by atoms with van der Waals surface area (Å²) in [6.07, 6.45) is 0. The van der Waals surface area contributed by atoms with Gasteiger partial charge in [-0.3, -0.25) is 0 Å². The molecule has 0 saturated heterocycles. The Balaban J connectivity index is 2.12. The van der Waals surface area contributed by atoms with Crippen molar-refractivity contribution in [2.45, 2.75) is 26.4 Å². The van der Waals surface area contributed by atoms with Gasteiger partial charge in [0.2, 0.25) is 0 Å². The first-order chi connectivity index (χ1) is 8.15. The Morgan fingerprint density at radius 2 is 2.06 bits per heavy atom. The van der Waals surface area contributed by atoms with Gasteiger partial charge in [0.1, 0.15) is 17.3 Å². The lowest BCUT2D eigenvalue weighted by molar-refractivity contribution is 0.473. The predicted molar refractivity (Wildman–Crippen MR) is 66.1 cm³/mol. The maximum atomic E-state index is 13.1. The van der Waals surface area contributed by atoms with Crippen LogP contribution in [0.3, 0.4) is 0 Å². The number of hydrogen-bond acceptors (Lipinski definition) is 2. The zero-order valence-electron chi connectivity index (χ0n) is 10.0. The van der Waals surface area contributed by atoms with E-state index in [1.807, 2.05) is 18.2 Å². The van der Waals surface area contributed by atoms with E-state index >= 15 is 0 Å². The van der Waals surface area contributed by atoms with Gasteiger partial charge < -0.3 is 9.73 Å². The minimum absolute atomic E-state index is 0.249. The van der Waals surface area contributed by atoms with Crippen LogP contribution in [0.15, 0.2) is 40.8 Å². The Kier molecular flexibility index (Phi) is 3.59. The van der Waals surface area contributed by atoms with Gasteiger partial charge in [-0.15, -0.1) is 0 Å². The predicted octanol–water partition coefficient (Wildman–Crippen LogP) is 3.58. The van der Waals surface area contributed by atoms with Crippen LogP contribution in [0.5, 0.6) is 0 Å². The van der Waals surface area contributed by atoms with Crippen LogP contribution in [0, 0.1) is 5.82 Å². The van der Waals surface area contributed by atoms with Crippen molar-refractivity contribution in [1.29, 1.82) is 0 Å². The van der Waals surface area contributed by atoms with Crippen molar-refractivity contribution in [3.05, 3.63) is 48.0 Å². The Morgan fingerprint density at radius 1 is 1.24 bits per heavy atom. The standard InChI is InChI=1S/C14H16FNO/c1-10(2)16-9-13-6-7-14(17-13)11-4-3-5-12(15)8-11/h3-8,10,16H,9H2,1-2H3. The second-order valence-electron chi connectivity index (χ2n) is 4.31. The lowest BCUT2D eigenvalue weighted by Gasteiger charge is -2.05. The van der Waals surface area contributed by atoms with Crippen molar-refractivity contribution in [3.63, 3.8) is 0 Å². The van der Waals surface area contributed by atoms with Gasteiger partial charge in [0.15, 0.2) is 0 Å². The maximum absolute atomic E-state index is 13.1. The zero-order valence-corrected chi connectivity index (χ0v) is 10.0. The van der Waals surface area contributed by atoms with E-state index < -0.39 is 0 Å². The molecule has 0 unspecified atom stereocenters. The van der Waals surface area contributed by atoms with E-state index in [-0.39, 0.29) is 5.82 Å². The lowest BCUT2D eigenvalue weighted by Crippen LogP contribution is -2.21. The molecule has 2 nitrogen and oxygen atoms in total. The van der Waals surface area contributed by atoms with Crippen LogP contribution in [-0.4, -0.2) is 6.04 Å². The number of nitrogens with one attached hydrogen (secondary N) is 1. The van der Waals surface area contributed by atoms with Gasteiger partial charge in [0, 0.05) is 11.6 Å². The minimum Gasteiger partial charge on any atom is -0.460 e. The van der Waals surface area contributed by atoms with Crippen LogP contribution in [0.1, 0.15) is 19.6 Å². The summed E-state index contributed by atoms with van der Waals surface area (Å²) in [6.45, 7) is 4.85. The molecule has 0 aliphatic heterocycles. The molecule has 17 heavy (non-hydrogen) atoms. The third-order valence-electron chi connectivity index (χ3n) is 2.46. The van der Waals surface area contributed by atoms with Crippen molar-refractivity contribution in [2.24, 2.45) is 0 Å². The summed E-state index contributed by atoms with van der Waals surface area (Å²) in [5.74, 6) is 1.31. The fourth-order valence-electron chi connectivity index (χ4n) is 1.57. The topological polar surface area (TPSA) is 25.2 Å². The summed E-state index contributed by atoms with van der Waals surface area (Å²) >= 11 is 0. The van der Waals surface area contributed by atoms with Crippen LogP contribution in [0.2, 0.25) is 0 Å². The summed E-state index contributed by atoms with van der Waals surface area (Å²) in [7, 11) is 0. The molecule has 2 rings (SSSR count). The Hall–Kier alpha value is -1.61. The minimum atomic E-state index is -0.249. The summed E-state index contributed by atoms with van der Waals surface area (Å²) < 4.78 is 18.7. The molecule has 0 aliphatic carbocycles. The monoisotopic (exact) mass is 233 g/mol. The van der Waals surface area contributed by atoms with E-state index in [2.05, 4.69) is 19.2 Å². The van der Waals surface area contributed by atoms with Crippen LogP contribution in [0.25, 0.3) is 11.3 Å². The number of rotatable bonds is 4. The summed E-state index contributed by atoms with van der Waals surface area (Å²) in [5, 5.41) is 3.27. The molecule has 0 radical (unpaired) electrons. The van der Waals surface area contributed by atoms with E-state index in [1.54, 1.807) is 6.07 Å². The highest BCUT2D eigenvalue weighted by molar-refractivity contribution is 5.57. The second-order valence-corrected chi connectivity index (χ2v) is 4.31. The van der Waals surface area contributed by atoms with Gasteiger partial charge in [0.05, 0.1) is 6.54 Å². The first kappa shape index (κ1) is 11.9. The number of benzene rings is 1. The summed E-state index contributed by atoms with van der Waals surface area (Å²) in [5.41, 5.74) is 0.765. The normalized spacial score (nSPS) is 11.1. The van der Waals surface area contributed by atoms with E-state index in [1.165, 1.54) is 12.1 Å². The van der Waals surface area contributed by atoms with Crippen LogP contribution in [-0.2, 0) is 6.54 Å². The van der Waals surface area contributed by atoms with Crippen LogP contribution in [0.4, 0.5) is 4.39 Å². The first-order valence-corrected chi connectivity index (χ1v) is 5.73. The molecule has 90 valence electrons. The maximum Gasteiger partial charge on any atom is 0.134 e. The fraction of sp³-hybridized carbons (Fsp3) is 0.286. The lowest BCUT2D eigenvalue weighted by atomic mass is 10.2. The molecule has 1 aromatic carbocycles. The van der Waals surface area contributed by atoms with Gasteiger partial charge in [0.25, 0.3) is 0 Å². The van der Waals surface area contributed by atoms with Gasteiger partial charge in [-0.1, -0.05) is 26.0 Å². The molecule has 0 aliphatic rings. The average Bonchev–Trinajstić information content (AvgIpc) is 2.75. The molecule has 1 N–H and O–H groups in total. The molecule has 3 heteroatoms. The first-order valence-electron chi connectivity index (χ1n) is 5.73. The molecular formula is C14H16FNO. The van der Waals surface area contributed by atoms with E-state index in [0.717, 1.165) is 11.3 Å². The Bertz CT molecular complexity index is 490. The van der Waals surface area contributed by atoms with Crippen molar-refractivity contribution in [3.8, 4) is 11.3 Å². The van der Waals surface area contributed by atoms with Crippen LogP contribution < -0.4 is 5.32 Å². The van der Waals surface area contributed by atoms with Gasteiger partial charge >= 0.3 is 0 Å². The zero-order chi connectivity index (χ0) is 12.3. The van der Waals surface area contributed by atoms with E-state index in [4.69, 9.17) is 4.42 Å². The number of furan rings is 1. The van der Waals surface area contributed by atoms with Crippen molar-refractivity contribution < 1.29 is 8.81 Å². The fourth-order valence-corrected chi connectivity index (χ4v) is 1.57. The molecule has 0 bridgehead atoms. The quantitative estimate of drug-likeness (QED) is 0.873. The van der Waals surface area contributed by atoms with E-state index in [0.29, 0.717) is 18.3 Å². The van der Waals surface area contributed by atoms with Crippen molar-refractivity contribution in [1.82, 2.24) is 5.32 Å². The number of hydrogen-bond donors (Lipinski definition) is 1.